The smallest absolute Gasteiger partial charge is 0.259 e. The number of hydrogen-bond acceptors (Lipinski definition) is 6. The number of amides is 1. The zero-order chi connectivity index (χ0) is 22.9. The van der Waals surface area contributed by atoms with E-state index in [2.05, 4.69) is 10.3 Å². The molecule has 0 radical (unpaired) electrons. The van der Waals surface area contributed by atoms with E-state index in [4.69, 9.17) is 20.8 Å². The second-order valence-corrected chi connectivity index (χ2v) is 9.59. The number of methoxy groups -OCH3 is 1. The Kier molecular flexibility index (Phi) is 5.90. The number of halogens is 1. The van der Waals surface area contributed by atoms with Crippen molar-refractivity contribution in [2.24, 2.45) is 0 Å². The molecule has 0 aliphatic rings. The van der Waals surface area contributed by atoms with Gasteiger partial charge in [-0.3, -0.25) is 4.79 Å². The van der Waals surface area contributed by atoms with Crippen molar-refractivity contribution in [2.45, 2.75) is 11.8 Å². The molecule has 1 N–H and O–H groups in total. The summed E-state index contributed by atoms with van der Waals surface area (Å²) in [5.74, 6) is 0.311. The van der Waals surface area contributed by atoms with Gasteiger partial charge in [-0.25, -0.2) is 13.4 Å². The van der Waals surface area contributed by atoms with Gasteiger partial charge in [0, 0.05) is 5.69 Å². The highest BCUT2D eigenvalue weighted by Gasteiger charge is 2.18. The number of sulfone groups is 1. The van der Waals surface area contributed by atoms with Crippen LogP contribution in [0, 0.1) is 0 Å². The molecule has 1 aromatic heterocycles. The largest absolute Gasteiger partial charge is 0.496 e. The zero-order valence-electron chi connectivity index (χ0n) is 17.3. The molecule has 1 heterocycles. The van der Waals surface area contributed by atoms with Gasteiger partial charge in [0.25, 0.3) is 5.91 Å². The summed E-state index contributed by atoms with van der Waals surface area (Å²) < 4.78 is 35.3. The third-order valence-corrected chi connectivity index (χ3v) is 6.97. The van der Waals surface area contributed by atoms with Crippen molar-refractivity contribution < 1.29 is 22.4 Å². The van der Waals surface area contributed by atoms with E-state index in [-0.39, 0.29) is 22.4 Å². The summed E-state index contributed by atoms with van der Waals surface area (Å²) in [5, 5.41) is 3.18. The highest BCUT2D eigenvalue weighted by atomic mass is 35.5. The number of ether oxygens (including phenoxy) is 1. The molecule has 0 aliphatic carbocycles. The summed E-state index contributed by atoms with van der Waals surface area (Å²) >= 11 is 6.36. The van der Waals surface area contributed by atoms with Crippen molar-refractivity contribution in [1.29, 1.82) is 0 Å². The molecule has 4 aromatic rings. The number of para-hydroxylation sites is 1. The maximum absolute atomic E-state index is 12.7. The number of carbonyl (C=O) groups is 1. The van der Waals surface area contributed by atoms with E-state index >= 15 is 0 Å². The predicted molar refractivity (Wildman–Crippen MR) is 123 cm³/mol. The van der Waals surface area contributed by atoms with Crippen LogP contribution in [0.15, 0.2) is 70.0 Å². The van der Waals surface area contributed by atoms with Crippen LogP contribution in [0.1, 0.15) is 17.3 Å². The SMILES string of the molecule is CCS(=O)(=O)c1ccc2oc(-c3cc(NC(=O)c4ccccc4OC)ccc3Cl)nc2c1. The molecule has 0 saturated carbocycles. The Hall–Kier alpha value is -3.36. The van der Waals surface area contributed by atoms with Crippen molar-refractivity contribution in [3.63, 3.8) is 0 Å². The average Bonchev–Trinajstić information content (AvgIpc) is 3.23. The van der Waals surface area contributed by atoms with Crippen LogP contribution in [0.25, 0.3) is 22.6 Å². The van der Waals surface area contributed by atoms with Gasteiger partial charge in [0.2, 0.25) is 5.89 Å². The van der Waals surface area contributed by atoms with E-state index in [1.54, 1.807) is 55.5 Å². The minimum atomic E-state index is -3.37. The number of oxazole rings is 1. The second-order valence-electron chi connectivity index (χ2n) is 6.90. The quantitative estimate of drug-likeness (QED) is 0.415. The molecule has 0 aliphatic heterocycles. The maximum atomic E-state index is 12.7. The average molecular weight is 471 g/mol. The topological polar surface area (TPSA) is 98.5 Å². The van der Waals surface area contributed by atoms with Crippen molar-refractivity contribution >= 4 is 44.1 Å². The van der Waals surface area contributed by atoms with Gasteiger partial charge in [-0.15, -0.1) is 0 Å². The highest BCUT2D eigenvalue weighted by Crippen LogP contribution is 2.33. The standard InChI is InChI=1S/C23H19ClN2O5S/c1-3-32(28,29)15-9-11-21-19(13-15)26-23(31-21)17-12-14(8-10-18(17)24)25-22(27)16-6-4-5-7-20(16)30-2/h4-13H,3H2,1-2H3,(H,25,27). The number of fused-ring (bicyclic) bond motifs is 1. The molecular weight excluding hydrogens is 452 g/mol. The Labute approximate surface area is 189 Å². The minimum absolute atomic E-state index is 0.0109. The molecule has 9 heteroatoms. The first kappa shape index (κ1) is 21.9. The van der Waals surface area contributed by atoms with Crippen molar-refractivity contribution in [3.05, 3.63) is 71.2 Å². The van der Waals surface area contributed by atoms with E-state index in [1.807, 2.05) is 0 Å². The molecule has 164 valence electrons. The lowest BCUT2D eigenvalue weighted by Crippen LogP contribution is -2.13. The van der Waals surface area contributed by atoms with Crippen LogP contribution in [0.4, 0.5) is 5.69 Å². The monoisotopic (exact) mass is 470 g/mol. The summed E-state index contributed by atoms with van der Waals surface area (Å²) in [6, 6.07) is 16.3. The first-order valence-corrected chi connectivity index (χ1v) is 11.7. The Morgan fingerprint density at radius 2 is 1.91 bits per heavy atom. The fourth-order valence-electron chi connectivity index (χ4n) is 3.18. The summed E-state index contributed by atoms with van der Waals surface area (Å²) in [5.41, 5.74) is 2.15. The lowest BCUT2D eigenvalue weighted by Gasteiger charge is -2.10. The first-order valence-electron chi connectivity index (χ1n) is 9.70. The van der Waals surface area contributed by atoms with Crippen LogP contribution in [0.3, 0.4) is 0 Å². The van der Waals surface area contributed by atoms with Crippen molar-refractivity contribution in [3.8, 4) is 17.2 Å². The molecule has 0 fully saturated rings. The fourth-order valence-corrected chi connectivity index (χ4v) is 4.28. The zero-order valence-corrected chi connectivity index (χ0v) is 18.8. The molecule has 1 amide bonds. The highest BCUT2D eigenvalue weighted by molar-refractivity contribution is 7.91. The molecular formula is C23H19ClN2O5S. The van der Waals surface area contributed by atoms with Gasteiger partial charge in [0.15, 0.2) is 15.4 Å². The Bertz CT molecular complexity index is 1430. The molecule has 0 unspecified atom stereocenters. The summed E-state index contributed by atoms with van der Waals surface area (Å²) in [6.45, 7) is 1.58. The van der Waals surface area contributed by atoms with Crippen LogP contribution < -0.4 is 10.1 Å². The molecule has 3 aromatic carbocycles. The molecule has 0 saturated heterocycles. The summed E-state index contributed by atoms with van der Waals surface area (Å²) in [4.78, 5) is 17.3. The van der Waals surface area contributed by atoms with E-state index in [0.717, 1.165) is 0 Å². The van der Waals surface area contributed by atoms with E-state index in [9.17, 15) is 13.2 Å². The van der Waals surface area contributed by atoms with Gasteiger partial charge >= 0.3 is 0 Å². The molecule has 0 spiro atoms. The molecule has 32 heavy (non-hydrogen) atoms. The van der Waals surface area contributed by atoms with Gasteiger partial charge in [-0.1, -0.05) is 30.7 Å². The molecule has 4 rings (SSSR count). The van der Waals surface area contributed by atoms with Gasteiger partial charge in [0.1, 0.15) is 11.3 Å². The van der Waals surface area contributed by atoms with Crippen LogP contribution in [0.2, 0.25) is 5.02 Å². The van der Waals surface area contributed by atoms with Gasteiger partial charge < -0.3 is 14.5 Å². The lowest BCUT2D eigenvalue weighted by molar-refractivity contribution is 0.102. The number of hydrogen-bond donors (Lipinski definition) is 1. The molecule has 7 nitrogen and oxygen atoms in total. The first-order chi connectivity index (χ1) is 15.3. The number of anilines is 1. The van der Waals surface area contributed by atoms with Gasteiger partial charge in [-0.2, -0.15) is 0 Å². The maximum Gasteiger partial charge on any atom is 0.259 e. The third-order valence-electron chi connectivity index (χ3n) is 4.90. The number of carbonyl (C=O) groups excluding carboxylic acids is 1. The second kappa shape index (κ2) is 8.64. The van der Waals surface area contributed by atoms with E-state index in [1.165, 1.54) is 19.2 Å². The molecule has 0 atom stereocenters. The Balaban J connectivity index is 1.68. The Morgan fingerprint density at radius 3 is 2.66 bits per heavy atom. The number of rotatable bonds is 6. The summed E-state index contributed by atoms with van der Waals surface area (Å²) in [7, 11) is -1.87. The van der Waals surface area contributed by atoms with Gasteiger partial charge in [0.05, 0.1) is 33.9 Å². The number of nitrogens with zero attached hydrogens (tertiary/aromatic N) is 1. The van der Waals surface area contributed by atoms with Crippen molar-refractivity contribution in [2.75, 3.05) is 18.2 Å². The predicted octanol–water partition coefficient (Wildman–Crippen LogP) is 5.20. The van der Waals surface area contributed by atoms with Crippen LogP contribution in [0.5, 0.6) is 5.75 Å². The Morgan fingerprint density at radius 1 is 1.12 bits per heavy atom. The number of nitrogens with one attached hydrogen (secondary N) is 1. The minimum Gasteiger partial charge on any atom is -0.496 e. The van der Waals surface area contributed by atoms with E-state index < -0.39 is 9.84 Å². The van der Waals surface area contributed by atoms with Crippen LogP contribution in [-0.2, 0) is 9.84 Å². The van der Waals surface area contributed by atoms with Gasteiger partial charge in [-0.05, 0) is 48.5 Å². The summed E-state index contributed by atoms with van der Waals surface area (Å²) in [6.07, 6.45) is 0. The number of benzene rings is 3. The molecule has 0 bridgehead atoms. The fraction of sp³-hybridized carbons (Fsp3) is 0.130. The van der Waals surface area contributed by atoms with Crippen molar-refractivity contribution in [1.82, 2.24) is 4.98 Å². The van der Waals surface area contributed by atoms with E-state index in [0.29, 0.717) is 38.7 Å². The van der Waals surface area contributed by atoms with Crippen LogP contribution >= 0.6 is 11.6 Å². The van der Waals surface area contributed by atoms with Crippen LogP contribution in [-0.4, -0.2) is 32.2 Å². The third kappa shape index (κ3) is 4.19. The number of aromatic nitrogens is 1. The normalized spacial score (nSPS) is 11.5. The lowest BCUT2D eigenvalue weighted by atomic mass is 10.1.